The third-order valence-corrected chi connectivity index (χ3v) is 7.03. The van der Waals surface area contributed by atoms with Crippen molar-refractivity contribution in [1.29, 1.82) is 0 Å². The predicted octanol–water partition coefficient (Wildman–Crippen LogP) is 2.89. The Kier molecular flexibility index (Phi) is 5.69. The van der Waals surface area contributed by atoms with Crippen molar-refractivity contribution >= 4 is 23.4 Å². The van der Waals surface area contributed by atoms with E-state index in [-0.39, 0.29) is 23.8 Å². The Bertz CT molecular complexity index is 961. The van der Waals surface area contributed by atoms with Crippen molar-refractivity contribution < 1.29 is 9.59 Å². The molecule has 0 spiro atoms. The van der Waals surface area contributed by atoms with Crippen molar-refractivity contribution in [2.45, 2.75) is 56.9 Å². The summed E-state index contributed by atoms with van der Waals surface area (Å²) in [4.78, 5) is 27.3. The van der Waals surface area contributed by atoms with Gasteiger partial charge in [0.1, 0.15) is 17.7 Å². The molecule has 1 unspecified atom stereocenters. The molecule has 0 bridgehead atoms. The molecule has 1 N–H and O–H groups in total. The molecule has 2 amide bonds. The van der Waals surface area contributed by atoms with Gasteiger partial charge < -0.3 is 14.8 Å². The first-order valence-electron chi connectivity index (χ1n) is 11.3. The fourth-order valence-electron chi connectivity index (χ4n) is 4.81. The van der Waals surface area contributed by atoms with Crippen molar-refractivity contribution in [3.8, 4) is 0 Å². The number of carbonyl (C=O) groups excluding carboxylic acids is 2. The van der Waals surface area contributed by atoms with Crippen LogP contribution in [-0.4, -0.2) is 51.1 Å². The number of amides is 2. The van der Waals surface area contributed by atoms with Crippen LogP contribution in [0.2, 0.25) is 5.02 Å². The summed E-state index contributed by atoms with van der Waals surface area (Å²) < 4.78 is 2.07. The lowest BCUT2D eigenvalue weighted by Crippen LogP contribution is -2.39. The minimum atomic E-state index is -0.239. The molecule has 7 nitrogen and oxygen atoms in total. The number of aromatic nitrogens is 3. The van der Waals surface area contributed by atoms with Gasteiger partial charge in [0.15, 0.2) is 0 Å². The largest absolute Gasteiger partial charge is 0.354 e. The number of piperidine rings is 1. The van der Waals surface area contributed by atoms with Gasteiger partial charge in [-0.2, -0.15) is 0 Å². The van der Waals surface area contributed by atoms with Crippen molar-refractivity contribution in [2.75, 3.05) is 19.6 Å². The molecule has 3 aliphatic rings. The van der Waals surface area contributed by atoms with Crippen LogP contribution in [-0.2, 0) is 22.4 Å². The molecular formula is C23H28ClN5O2. The summed E-state index contributed by atoms with van der Waals surface area (Å²) in [5.41, 5.74) is 1.15. The standard InChI is InChI=1S/C23H28ClN5O2/c24-18-5-1-15(2-6-18)9-12-25-22(30)19-7-8-20-26-27-21(29(19)20)16-10-13-28(14-11-16)23(31)17-3-4-17/h1-2,5-6,16-17,19H,3-4,7-14H2,(H,25,30). The first-order chi connectivity index (χ1) is 15.1. The molecule has 2 fully saturated rings. The molecule has 1 atom stereocenters. The van der Waals surface area contributed by atoms with E-state index in [4.69, 9.17) is 11.6 Å². The highest BCUT2D eigenvalue weighted by Gasteiger charge is 2.38. The molecule has 8 heteroatoms. The lowest BCUT2D eigenvalue weighted by molar-refractivity contribution is -0.133. The minimum Gasteiger partial charge on any atom is -0.354 e. The number of rotatable bonds is 6. The maximum atomic E-state index is 12.9. The van der Waals surface area contributed by atoms with Crippen molar-refractivity contribution in [3.63, 3.8) is 0 Å². The smallest absolute Gasteiger partial charge is 0.243 e. The van der Waals surface area contributed by atoms with E-state index in [9.17, 15) is 9.59 Å². The van der Waals surface area contributed by atoms with Gasteiger partial charge in [-0.15, -0.1) is 10.2 Å². The minimum absolute atomic E-state index is 0.0371. The number of aryl methyl sites for hydroxylation is 1. The number of fused-ring (bicyclic) bond motifs is 1. The fourth-order valence-corrected chi connectivity index (χ4v) is 4.94. The molecule has 1 aromatic carbocycles. The Balaban J connectivity index is 1.19. The number of hydrogen-bond acceptors (Lipinski definition) is 4. The monoisotopic (exact) mass is 441 g/mol. The summed E-state index contributed by atoms with van der Waals surface area (Å²) >= 11 is 5.93. The average molecular weight is 442 g/mol. The molecule has 31 heavy (non-hydrogen) atoms. The van der Waals surface area contributed by atoms with Crippen LogP contribution in [0.5, 0.6) is 0 Å². The van der Waals surface area contributed by atoms with Crippen LogP contribution >= 0.6 is 11.6 Å². The number of benzene rings is 1. The predicted molar refractivity (Wildman–Crippen MR) is 117 cm³/mol. The van der Waals surface area contributed by atoms with Gasteiger partial charge in [0, 0.05) is 42.9 Å². The van der Waals surface area contributed by atoms with Gasteiger partial charge in [-0.3, -0.25) is 9.59 Å². The molecule has 5 rings (SSSR count). The van der Waals surface area contributed by atoms with E-state index in [0.717, 1.165) is 75.2 Å². The molecular weight excluding hydrogens is 414 g/mol. The van der Waals surface area contributed by atoms with Gasteiger partial charge >= 0.3 is 0 Å². The zero-order valence-electron chi connectivity index (χ0n) is 17.6. The second-order valence-electron chi connectivity index (χ2n) is 8.94. The first-order valence-corrected chi connectivity index (χ1v) is 11.7. The lowest BCUT2D eigenvalue weighted by atomic mass is 9.95. The summed E-state index contributed by atoms with van der Waals surface area (Å²) in [5, 5.41) is 12.6. The number of halogens is 1. The van der Waals surface area contributed by atoms with Gasteiger partial charge in [0.05, 0.1) is 0 Å². The van der Waals surface area contributed by atoms with Gasteiger partial charge in [-0.1, -0.05) is 23.7 Å². The van der Waals surface area contributed by atoms with Gasteiger partial charge in [-0.25, -0.2) is 0 Å². The number of nitrogens with zero attached hydrogens (tertiary/aromatic N) is 4. The van der Waals surface area contributed by atoms with E-state index in [1.54, 1.807) is 0 Å². The second kappa shape index (κ2) is 8.61. The fraction of sp³-hybridized carbons (Fsp3) is 0.565. The number of likely N-dealkylation sites (tertiary alicyclic amines) is 1. The van der Waals surface area contributed by atoms with E-state index in [1.165, 1.54) is 0 Å². The number of nitrogens with one attached hydrogen (secondary N) is 1. The molecule has 1 aromatic heterocycles. The van der Waals surface area contributed by atoms with Crippen LogP contribution in [0.25, 0.3) is 0 Å². The number of carbonyl (C=O) groups is 2. The van der Waals surface area contributed by atoms with Crippen LogP contribution < -0.4 is 5.32 Å². The summed E-state index contributed by atoms with van der Waals surface area (Å²) in [6.45, 7) is 2.14. The molecule has 3 heterocycles. The van der Waals surface area contributed by atoms with Crippen LogP contribution in [0.4, 0.5) is 0 Å². The highest BCUT2D eigenvalue weighted by Crippen LogP contribution is 2.36. The van der Waals surface area contributed by atoms with E-state index >= 15 is 0 Å². The van der Waals surface area contributed by atoms with E-state index in [0.29, 0.717) is 17.5 Å². The zero-order chi connectivity index (χ0) is 21.4. The van der Waals surface area contributed by atoms with Crippen molar-refractivity contribution in [2.24, 2.45) is 5.92 Å². The zero-order valence-corrected chi connectivity index (χ0v) is 18.4. The highest BCUT2D eigenvalue weighted by atomic mass is 35.5. The Morgan fingerprint density at radius 1 is 1.03 bits per heavy atom. The maximum Gasteiger partial charge on any atom is 0.243 e. The van der Waals surface area contributed by atoms with E-state index in [2.05, 4.69) is 20.1 Å². The number of hydrogen-bond donors (Lipinski definition) is 1. The first kappa shape index (κ1) is 20.5. The van der Waals surface area contributed by atoms with E-state index in [1.807, 2.05) is 29.2 Å². The van der Waals surface area contributed by atoms with Crippen LogP contribution in [0, 0.1) is 5.92 Å². The maximum absolute atomic E-state index is 12.9. The van der Waals surface area contributed by atoms with Crippen molar-refractivity contribution in [3.05, 3.63) is 46.5 Å². The summed E-state index contributed by atoms with van der Waals surface area (Å²) in [6.07, 6.45) is 6.19. The summed E-state index contributed by atoms with van der Waals surface area (Å²) in [6, 6.07) is 7.47. The average Bonchev–Trinajstić information content (AvgIpc) is 3.42. The van der Waals surface area contributed by atoms with Gasteiger partial charge in [-0.05, 0) is 56.2 Å². The Labute approximate surface area is 187 Å². The molecule has 2 aliphatic heterocycles. The second-order valence-corrected chi connectivity index (χ2v) is 9.38. The Morgan fingerprint density at radius 2 is 1.77 bits per heavy atom. The molecule has 2 aromatic rings. The normalized spacial score (nSPS) is 21.2. The Hall–Kier alpha value is -2.41. The lowest BCUT2D eigenvalue weighted by Gasteiger charge is -2.32. The topological polar surface area (TPSA) is 80.1 Å². The summed E-state index contributed by atoms with van der Waals surface area (Å²) in [5.74, 6) is 2.72. The van der Waals surface area contributed by atoms with E-state index < -0.39 is 0 Å². The Morgan fingerprint density at radius 3 is 2.48 bits per heavy atom. The van der Waals surface area contributed by atoms with Gasteiger partial charge in [0.25, 0.3) is 0 Å². The molecule has 164 valence electrons. The van der Waals surface area contributed by atoms with Crippen LogP contribution in [0.1, 0.15) is 61.3 Å². The van der Waals surface area contributed by atoms with Crippen molar-refractivity contribution in [1.82, 2.24) is 25.0 Å². The summed E-state index contributed by atoms with van der Waals surface area (Å²) in [7, 11) is 0. The molecule has 1 aliphatic carbocycles. The van der Waals surface area contributed by atoms with Crippen LogP contribution in [0.15, 0.2) is 24.3 Å². The highest BCUT2D eigenvalue weighted by molar-refractivity contribution is 6.30. The third kappa shape index (κ3) is 4.33. The molecule has 0 radical (unpaired) electrons. The quantitative estimate of drug-likeness (QED) is 0.747. The SMILES string of the molecule is O=C(NCCc1ccc(Cl)cc1)C1CCc2nnc(C3CCN(C(=O)C4CC4)CC3)n21. The molecule has 1 saturated carbocycles. The molecule has 1 saturated heterocycles. The van der Waals surface area contributed by atoms with Gasteiger partial charge in [0.2, 0.25) is 11.8 Å². The van der Waals surface area contributed by atoms with Crippen LogP contribution in [0.3, 0.4) is 0 Å². The third-order valence-electron chi connectivity index (χ3n) is 6.77.